The normalized spacial score (nSPS) is 14.3. The molecule has 0 aromatic carbocycles. The minimum Gasteiger partial charge on any atom is -0.362 e. The lowest BCUT2D eigenvalue weighted by atomic mass is 9.93. The average molecular weight is 367 g/mol. The van der Waals surface area contributed by atoms with Gasteiger partial charge in [0.05, 0.1) is 0 Å². The molecule has 0 atom stereocenters. The predicted octanol–water partition coefficient (Wildman–Crippen LogP) is 6.02. The molecule has 0 rings (SSSR count). The van der Waals surface area contributed by atoms with E-state index in [1.54, 1.807) is 0 Å². The van der Waals surface area contributed by atoms with Crippen molar-refractivity contribution in [2.24, 2.45) is 16.2 Å². The summed E-state index contributed by atoms with van der Waals surface area (Å²) in [6, 6.07) is 0. The van der Waals surface area contributed by atoms with E-state index >= 15 is 0 Å². The van der Waals surface area contributed by atoms with Gasteiger partial charge in [-0.2, -0.15) is 0 Å². The standard InChI is InChI=1S/C18H39ClO3Si/c1-16(2,3)10-13-20-23(19,21-14-11-17(4,5)6)22-15-12-18(7,8)9/h10-15H2,1-9H3. The van der Waals surface area contributed by atoms with E-state index < -0.39 is 8.11 Å². The van der Waals surface area contributed by atoms with E-state index in [0.29, 0.717) is 19.8 Å². The number of halogens is 1. The number of hydrogen-bond acceptors (Lipinski definition) is 3. The molecular formula is C18H39ClO3Si. The van der Waals surface area contributed by atoms with E-state index in [-0.39, 0.29) is 16.2 Å². The van der Waals surface area contributed by atoms with Gasteiger partial charge in [-0.15, -0.1) is 0 Å². The lowest BCUT2D eigenvalue weighted by Crippen LogP contribution is -2.42. The second-order valence-corrected chi connectivity index (χ2v) is 13.2. The van der Waals surface area contributed by atoms with Crippen molar-refractivity contribution < 1.29 is 13.3 Å². The Morgan fingerprint density at radius 1 is 0.565 bits per heavy atom. The largest absolute Gasteiger partial charge is 0.613 e. The Labute approximate surface area is 150 Å². The first-order valence-electron chi connectivity index (χ1n) is 8.73. The van der Waals surface area contributed by atoms with Gasteiger partial charge < -0.3 is 13.3 Å². The molecule has 0 aromatic rings. The summed E-state index contributed by atoms with van der Waals surface area (Å²) in [4.78, 5) is 0. The van der Waals surface area contributed by atoms with Gasteiger partial charge in [0.2, 0.25) is 0 Å². The molecule has 0 spiro atoms. The van der Waals surface area contributed by atoms with Crippen LogP contribution in [0.3, 0.4) is 0 Å². The smallest absolute Gasteiger partial charge is 0.362 e. The van der Waals surface area contributed by atoms with E-state index in [9.17, 15) is 0 Å². The topological polar surface area (TPSA) is 27.7 Å². The maximum atomic E-state index is 6.60. The molecule has 0 aliphatic rings. The molecule has 0 amide bonds. The fourth-order valence-corrected chi connectivity index (χ4v) is 3.54. The van der Waals surface area contributed by atoms with E-state index in [1.165, 1.54) is 0 Å². The second kappa shape index (κ2) is 9.19. The molecule has 0 bridgehead atoms. The molecule has 0 aromatic heterocycles. The molecule has 0 unspecified atom stereocenters. The van der Waals surface area contributed by atoms with Crippen molar-refractivity contribution in [3.8, 4) is 0 Å². The highest BCUT2D eigenvalue weighted by molar-refractivity contribution is 7.09. The quantitative estimate of drug-likeness (QED) is 0.369. The SMILES string of the molecule is CC(C)(C)CCO[Si](Cl)(OCCC(C)(C)C)OCCC(C)(C)C. The highest BCUT2D eigenvalue weighted by Gasteiger charge is 2.40. The molecule has 5 heteroatoms. The summed E-state index contributed by atoms with van der Waals surface area (Å²) < 4.78 is 17.7. The minimum atomic E-state index is -3.08. The molecule has 3 nitrogen and oxygen atoms in total. The fraction of sp³-hybridized carbons (Fsp3) is 1.00. The summed E-state index contributed by atoms with van der Waals surface area (Å²) in [5.41, 5.74) is 0.634. The third kappa shape index (κ3) is 15.6. The van der Waals surface area contributed by atoms with Crippen LogP contribution in [0.5, 0.6) is 0 Å². The van der Waals surface area contributed by atoms with Gasteiger partial charge in [-0.1, -0.05) is 73.4 Å². The van der Waals surface area contributed by atoms with Crippen LogP contribution >= 0.6 is 11.1 Å². The van der Waals surface area contributed by atoms with Gasteiger partial charge in [0.1, 0.15) is 0 Å². The molecular weight excluding hydrogens is 328 g/mol. The van der Waals surface area contributed by atoms with E-state index in [1.807, 2.05) is 0 Å². The summed E-state index contributed by atoms with van der Waals surface area (Å²) in [5.74, 6) is 0. The summed E-state index contributed by atoms with van der Waals surface area (Å²) >= 11 is 6.60. The lowest BCUT2D eigenvalue weighted by Gasteiger charge is -2.28. The molecule has 0 heterocycles. The van der Waals surface area contributed by atoms with Crippen molar-refractivity contribution in [1.29, 1.82) is 0 Å². The van der Waals surface area contributed by atoms with Crippen LogP contribution < -0.4 is 0 Å². The van der Waals surface area contributed by atoms with Crippen molar-refractivity contribution >= 4 is 19.2 Å². The monoisotopic (exact) mass is 366 g/mol. The van der Waals surface area contributed by atoms with Crippen LogP contribution in [-0.2, 0) is 13.3 Å². The summed E-state index contributed by atoms with van der Waals surface area (Å²) in [6.45, 7) is 21.4. The van der Waals surface area contributed by atoms with Gasteiger partial charge in [0.25, 0.3) is 0 Å². The van der Waals surface area contributed by atoms with Crippen LogP contribution in [0.15, 0.2) is 0 Å². The maximum absolute atomic E-state index is 6.60. The van der Waals surface area contributed by atoms with Crippen molar-refractivity contribution in [3.05, 3.63) is 0 Å². The Kier molecular flexibility index (Phi) is 9.34. The predicted molar refractivity (Wildman–Crippen MR) is 102 cm³/mol. The van der Waals surface area contributed by atoms with Gasteiger partial charge in [-0.3, -0.25) is 0 Å². The van der Waals surface area contributed by atoms with Crippen LogP contribution in [-0.4, -0.2) is 27.9 Å². The minimum absolute atomic E-state index is 0.211. The zero-order chi connectivity index (χ0) is 18.4. The van der Waals surface area contributed by atoms with Gasteiger partial charge in [-0.05, 0) is 35.5 Å². The Morgan fingerprint density at radius 2 is 0.783 bits per heavy atom. The van der Waals surface area contributed by atoms with Gasteiger partial charge in [-0.25, -0.2) is 0 Å². The zero-order valence-electron chi connectivity index (χ0n) is 16.8. The number of rotatable bonds is 9. The summed E-state index contributed by atoms with van der Waals surface area (Å²) in [7, 11) is -3.08. The Hall–Kier alpha value is 0.387. The highest BCUT2D eigenvalue weighted by atomic mass is 35.6. The second-order valence-electron chi connectivity index (χ2n) is 9.96. The molecule has 0 saturated heterocycles. The average Bonchev–Trinajstić information content (AvgIpc) is 2.22. The van der Waals surface area contributed by atoms with Crippen LogP contribution in [0.4, 0.5) is 0 Å². The van der Waals surface area contributed by atoms with Crippen molar-refractivity contribution in [1.82, 2.24) is 0 Å². The lowest BCUT2D eigenvalue weighted by molar-refractivity contribution is 0.0587. The molecule has 0 radical (unpaired) electrons. The van der Waals surface area contributed by atoms with Crippen LogP contribution in [0, 0.1) is 16.2 Å². The van der Waals surface area contributed by atoms with Crippen LogP contribution in [0.25, 0.3) is 0 Å². The Balaban J connectivity index is 4.50. The van der Waals surface area contributed by atoms with Crippen molar-refractivity contribution in [2.75, 3.05) is 19.8 Å². The Morgan fingerprint density at radius 3 is 0.957 bits per heavy atom. The fourth-order valence-electron chi connectivity index (χ4n) is 1.56. The van der Waals surface area contributed by atoms with E-state index in [0.717, 1.165) is 19.3 Å². The van der Waals surface area contributed by atoms with Crippen LogP contribution in [0.2, 0.25) is 0 Å². The molecule has 23 heavy (non-hydrogen) atoms. The third-order valence-corrected chi connectivity index (χ3v) is 6.01. The summed E-state index contributed by atoms with van der Waals surface area (Å²) in [5, 5.41) is 0. The zero-order valence-corrected chi connectivity index (χ0v) is 18.6. The third-order valence-electron chi connectivity index (χ3n) is 3.38. The first-order valence-corrected chi connectivity index (χ1v) is 11.5. The van der Waals surface area contributed by atoms with Crippen molar-refractivity contribution in [2.45, 2.75) is 81.6 Å². The molecule has 0 fully saturated rings. The van der Waals surface area contributed by atoms with Crippen molar-refractivity contribution in [3.63, 3.8) is 0 Å². The van der Waals surface area contributed by atoms with E-state index in [2.05, 4.69) is 62.3 Å². The van der Waals surface area contributed by atoms with Gasteiger partial charge in [0.15, 0.2) is 0 Å². The van der Waals surface area contributed by atoms with Gasteiger partial charge >= 0.3 is 8.11 Å². The molecule has 0 saturated carbocycles. The molecule has 140 valence electrons. The first kappa shape index (κ1) is 23.4. The van der Waals surface area contributed by atoms with Gasteiger partial charge in [0, 0.05) is 19.8 Å². The maximum Gasteiger partial charge on any atom is 0.613 e. The highest BCUT2D eigenvalue weighted by Crippen LogP contribution is 2.26. The molecule has 0 aliphatic heterocycles. The molecule has 0 aliphatic carbocycles. The number of hydrogen-bond donors (Lipinski definition) is 0. The Bertz CT molecular complexity index is 276. The van der Waals surface area contributed by atoms with E-state index in [4.69, 9.17) is 24.4 Å². The summed E-state index contributed by atoms with van der Waals surface area (Å²) in [6.07, 6.45) is 2.79. The first-order chi connectivity index (χ1) is 10.1. The molecule has 0 N–H and O–H groups in total. The van der Waals surface area contributed by atoms with Crippen LogP contribution in [0.1, 0.15) is 81.6 Å².